The highest BCUT2D eigenvalue weighted by Gasteiger charge is 2.11. The van der Waals surface area contributed by atoms with E-state index in [-0.39, 0.29) is 11.8 Å². The van der Waals surface area contributed by atoms with Gasteiger partial charge in [0, 0.05) is 23.9 Å². The molecule has 150 valence electrons. The van der Waals surface area contributed by atoms with Crippen molar-refractivity contribution < 1.29 is 14.3 Å². The van der Waals surface area contributed by atoms with E-state index in [0.717, 1.165) is 22.4 Å². The summed E-state index contributed by atoms with van der Waals surface area (Å²) in [4.78, 5) is 24.2. The zero-order valence-electron chi connectivity index (χ0n) is 17.0. The van der Waals surface area contributed by atoms with Crippen molar-refractivity contribution in [3.05, 3.63) is 75.0 Å². The zero-order valence-corrected chi connectivity index (χ0v) is 17.8. The normalized spacial score (nSPS) is 10.5. The minimum Gasteiger partial charge on any atom is -0.488 e. The van der Waals surface area contributed by atoms with Gasteiger partial charge in [0.15, 0.2) is 0 Å². The highest BCUT2D eigenvalue weighted by Crippen LogP contribution is 2.26. The molecule has 0 saturated carbocycles. The molecule has 0 atom stereocenters. The number of carbonyl (C=O) groups is 2. The number of hydrogen-bond acceptors (Lipinski definition) is 4. The van der Waals surface area contributed by atoms with Gasteiger partial charge in [0.1, 0.15) is 12.4 Å². The van der Waals surface area contributed by atoms with E-state index < -0.39 is 0 Å². The maximum atomic E-state index is 12.5. The number of anilines is 2. The third-order valence-electron chi connectivity index (χ3n) is 4.33. The minimum absolute atomic E-state index is 0.133. The molecule has 2 aromatic carbocycles. The minimum atomic E-state index is -0.170. The predicted octanol–water partition coefficient (Wildman–Crippen LogP) is 5.46. The molecule has 0 aliphatic heterocycles. The van der Waals surface area contributed by atoms with Crippen LogP contribution < -0.4 is 15.4 Å². The van der Waals surface area contributed by atoms with Crippen molar-refractivity contribution >= 4 is 34.5 Å². The number of ether oxygens (including phenoxy) is 1. The number of benzene rings is 2. The van der Waals surface area contributed by atoms with Crippen molar-refractivity contribution in [3.63, 3.8) is 0 Å². The van der Waals surface area contributed by atoms with E-state index in [0.29, 0.717) is 22.9 Å². The van der Waals surface area contributed by atoms with Crippen LogP contribution in [0.15, 0.2) is 47.8 Å². The van der Waals surface area contributed by atoms with Gasteiger partial charge in [-0.15, -0.1) is 11.3 Å². The largest absolute Gasteiger partial charge is 0.488 e. The molecule has 0 aliphatic rings. The van der Waals surface area contributed by atoms with Crippen LogP contribution in [0, 0.1) is 20.8 Å². The second-order valence-electron chi connectivity index (χ2n) is 7.05. The number of hydrogen-bond donors (Lipinski definition) is 2. The average molecular weight is 409 g/mol. The van der Waals surface area contributed by atoms with E-state index in [1.54, 1.807) is 24.3 Å². The van der Waals surface area contributed by atoms with E-state index >= 15 is 0 Å². The zero-order chi connectivity index (χ0) is 21.0. The second kappa shape index (κ2) is 8.92. The molecule has 2 amide bonds. The third-order valence-corrected chi connectivity index (χ3v) is 5.31. The van der Waals surface area contributed by atoms with Crippen molar-refractivity contribution in [1.82, 2.24) is 0 Å². The monoisotopic (exact) mass is 408 g/mol. The molecule has 6 heteroatoms. The Hall–Kier alpha value is -3.12. The van der Waals surface area contributed by atoms with Crippen molar-refractivity contribution in [2.24, 2.45) is 0 Å². The van der Waals surface area contributed by atoms with E-state index in [2.05, 4.69) is 29.7 Å². The maximum Gasteiger partial charge on any atom is 0.265 e. The fourth-order valence-electron chi connectivity index (χ4n) is 3.15. The first-order chi connectivity index (χ1) is 13.8. The molecule has 3 aromatic rings. The number of amides is 2. The maximum absolute atomic E-state index is 12.5. The van der Waals surface area contributed by atoms with Gasteiger partial charge < -0.3 is 15.4 Å². The molecule has 0 saturated heterocycles. The summed E-state index contributed by atoms with van der Waals surface area (Å²) in [6, 6.07) is 13.1. The third kappa shape index (κ3) is 5.45. The molecule has 0 radical (unpaired) electrons. The van der Waals surface area contributed by atoms with Crippen LogP contribution in [0.25, 0.3) is 0 Å². The Balaban J connectivity index is 1.61. The summed E-state index contributed by atoms with van der Waals surface area (Å²) < 4.78 is 6.01. The van der Waals surface area contributed by atoms with Crippen LogP contribution in [-0.4, -0.2) is 11.8 Å². The van der Waals surface area contributed by atoms with E-state index in [1.165, 1.54) is 23.8 Å². The summed E-state index contributed by atoms with van der Waals surface area (Å²) in [5, 5.41) is 7.50. The first-order valence-corrected chi connectivity index (χ1v) is 10.2. The molecule has 3 rings (SSSR count). The van der Waals surface area contributed by atoms with Crippen LogP contribution in [0.1, 0.15) is 38.8 Å². The molecule has 0 unspecified atom stereocenters. The van der Waals surface area contributed by atoms with Gasteiger partial charge in [0.2, 0.25) is 5.91 Å². The summed E-state index contributed by atoms with van der Waals surface area (Å²) >= 11 is 1.39. The Morgan fingerprint density at radius 3 is 2.10 bits per heavy atom. The molecule has 29 heavy (non-hydrogen) atoms. The predicted molar refractivity (Wildman–Crippen MR) is 118 cm³/mol. The number of rotatable bonds is 6. The van der Waals surface area contributed by atoms with Crippen molar-refractivity contribution in [1.29, 1.82) is 0 Å². The van der Waals surface area contributed by atoms with Crippen LogP contribution in [0.5, 0.6) is 5.75 Å². The molecular formula is C23H24N2O3S. The van der Waals surface area contributed by atoms with Crippen LogP contribution in [0.2, 0.25) is 0 Å². The van der Waals surface area contributed by atoms with Gasteiger partial charge in [-0.25, -0.2) is 0 Å². The van der Waals surface area contributed by atoms with Crippen LogP contribution >= 0.6 is 11.3 Å². The first-order valence-electron chi connectivity index (χ1n) is 9.29. The van der Waals surface area contributed by atoms with E-state index in [9.17, 15) is 9.59 Å². The Kier molecular flexibility index (Phi) is 6.34. The van der Waals surface area contributed by atoms with Gasteiger partial charge in [-0.3, -0.25) is 9.59 Å². The van der Waals surface area contributed by atoms with Crippen LogP contribution in [-0.2, 0) is 11.4 Å². The quantitative estimate of drug-likeness (QED) is 0.569. The lowest BCUT2D eigenvalue weighted by Crippen LogP contribution is -2.10. The van der Waals surface area contributed by atoms with Crippen molar-refractivity contribution in [2.75, 3.05) is 10.6 Å². The van der Waals surface area contributed by atoms with Gasteiger partial charge in [-0.05, 0) is 67.6 Å². The lowest BCUT2D eigenvalue weighted by Gasteiger charge is -2.12. The fraction of sp³-hybridized carbons (Fsp3) is 0.217. The fourth-order valence-corrected chi connectivity index (χ4v) is 3.95. The number of nitrogens with one attached hydrogen (secondary N) is 2. The Morgan fingerprint density at radius 2 is 1.52 bits per heavy atom. The number of thiophene rings is 1. The lowest BCUT2D eigenvalue weighted by molar-refractivity contribution is -0.114. The topological polar surface area (TPSA) is 67.4 Å². The molecule has 0 fully saturated rings. The Morgan fingerprint density at radius 1 is 0.931 bits per heavy atom. The van der Waals surface area contributed by atoms with Crippen LogP contribution in [0.4, 0.5) is 11.4 Å². The molecule has 1 heterocycles. The van der Waals surface area contributed by atoms with Gasteiger partial charge >= 0.3 is 0 Å². The smallest absolute Gasteiger partial charge is 0.265 e. The molecule has 1 aromatic heterocycles. The molecule has 0 spiro atoms. The van der Waals surface area contributed by atoms with Crippen LogP contribution in [0.3, 0.4) is 0 Å². The number of carbonyl (C=O) groups excluding carboxylic acids is 2. The highest BCUT2D eigenvalue weighted by atomic mass is 32.1. The van der Waals surface area contributed by atoms with Crippen molar-refractivity contribution in [3.8, 4) is 5.75 Å². The second-order valence-corrected chi connectivity index (χ2v) is 7.96. The highest BCUT2D eigenvalue weighted by molar-refractivity contribution is 7.12. The summed E-state index contributed by atoms with van der Waals surface area (Å²) in [5.41, 5.74) is 5.75. The molecule has 5 nitrogen and oxygen atoms in total. The standard InChI is InChI=1S/C23H24N2O3S/c1-14-9-15(2)22(16(3)10-14)28-12-18-11-21(29-13-18)23(27)25-20-7-5-19(6-8-20)24-17(4)26/h5-11,13H,12H2,1-4H3,(H,24,26)(H,25,27). The summed E-state index contributed by atoms with van der Waals surface area (Å²) in [6.07, 6.45) is 0. The first kappa shape index (κ1) is 20.6. The molecule has 0 bridgehead atoms. The van der Waals surface area contributed by atoms with E-state index in [1.807, 2.05) is 25.3 Å². The van der Waals surface area contributed by atoms with Crippen molar-refractivity contribution in [2.45, 2.75) is 34.3 Å². The summed E-state index contributed by atoms with van der Waals surface area (Å²) in [7, 11) is 0. The lowest BCUT2D eigenvalue weighted by atomic mass is 10.1. The molecule has 2 N–H and O–H groups in total. The summed E-state index contributed by atoms with van der Waals surface area (Å²) in [6.45, 7) is 8.02. The molecule has 0 aliphatic carbocycles. The van der Waals surface area contributed by atoms with Gasteiger partial charge in [-0.2, -0.15) is 0 Å². The SMILES string of the molecule is CC(=O)Nc1ccc(NC(=O)c2cc(COc3c(C)cc(C)cc3C)cs2)cc1. The van der Waals surface area contributed by atoms with Gasteiger partial charge in [0.25, 0.3) is 5.91 Å². The summed E-state index contributed by atoms with van der Waals surface area (Å²) in [5.74, 6) is 0.592. The average Bonchev–Trinajstić information content (AvgIpc) is 3.11. The van der Waals surface area contributed by atoms with E-state index in [4.69, 9.17) is 4.74 Å². The Labute approximate surface area is 174 Å². The Bertz CT molecular complexity index is 1020. The van der Waals surface area contributed by atoms with Gasteiger partial charge in [0.05, 0.1) is 4.88 Å². The van der Waals surface area contributed by atoms with Gasteiger partial charge in [-0.1, -0.05) is 17.7 Å². The number of aryl methyl sites for hydroxylation is 3. The molecular weight excluding hydrogens is 384 g/mol.